The minimum Gasteiger partial charge on any atom is -0.397 e. The van der Waals surface area contributed by atoms with Crippen molar-refractivity contribution < 1.29 is 0 Å². The summed E-state index contributed by atoms with van der Waals surface area (Å²) in [5.74, 6) is 0.547. The molecule has 16 heavy (non-hydrogen) atoms. The van der Waals surface area contributed by atoms with Crippen molar-refractivity contribution in [1.29, 1.82) is 0 Å². The number of nitrogens with zero attached hydrogens (tertiary/aromatic N) is 1. The molecule has 0 aromatic carbocycles. The summed E-state index contributed by atoms with van der Waals surface area (Å²) in [6.45, 7) is 4.70. The summed E-state index contributed by atoms with van der Waals surface area (Å²) < 4.78 is 0.890. The number of hydrogen-bond donors (Lipinski definition) is 1. The van der Waals surface area contributed by atoms with Crippen LogP contribution in [0.1, 0.15) is 51.1 Å². The third kappa shape index (κ3) is 2.57. The van der Waals surface area contributed by atoms with Gasteiger partial charge in [-0.15, -0.1) is 0 Å². The number of pyridine rings is 1. The molecule has 1 aliphatic carbocycles. The number of rotatable bonds is 1. The van der Waals surface area contributed by atoms with Gasteiger partial charge in [-0.1, -0.05) is 13.8 Å². The van der Waals surface area contributed by atoms with E-state index >= 15 is 0 Å². The fourth-order valence-corrected chi connectivity index (χ4v) is 2.78. The van der Waals surface area contributed by atoms with Gasteiger partial charge in [0.05, 0.1) is 11.4 Å². The molecule has 2 N–H and O–H groups in total. The second-order valence-electron chi connectivity index (χ2n) is 5.55. The molecular formula is C13H19BrN2. The van der Waals surface area contributed by atoms with Gasteiger partial charge in [-0.3, -0.25) is 0 Å². The zero-order valence-electron chi connectivity index (χ0n) is 9.96. The zero-order valence-corrected chi connectivity index (χ0v) is 11.5. The Morgan fingerprint density at radius 3 is 2.56 bits per heavy atom. The molecule has 0 saturated heterocycles. The molecule has 1 aromatic heterocycles. The van der Waals surface area contributed by atoms with Gasteiger partial charge in [0.15, 0.2) is 0 Å². The minimum atomic E-state index is 0.497. The lowest BCUT2D eigenvalue weighted by Crippen LogP contribution is -2.21. The molecule has 1 aliphatic rings. The first-order chi connectivity index (χ1) is 7.48. The van der Waals surface area contributed by atoms with Crippen molar-refractivity contribution in [1.82, 2.24) is 4.98 Å². The highest BCUT2D eigenvalue weighted by atomic mass is 79.9. The number of nitrogen functional groups attached to an aromatic ring is 1. The van der Waals surface area contributed by atoms with Crippen LogP contribution in [0.4, 0.5) is 5.69 Å². The standard InChI is InChI=1S/C13H19BrN2/c1-13(2)7-5-9(6-8-13)12-10(15)3-4-11(14)16-12/h3-4,9H,5-8,15H2,1-2H3. The monoisotopic (exact) mass is 282 g/mol. The first kappa shape index (κ1) is 11.9. The van der Waals surface area contributed by atoms with Crippen LogP contribution in [-0.4, -0.2) is 4.98 Å². The highest BCUT2D eigenvalue weighted by Crippen LogP contribution is 2.43. The topological polar surface area (TPSA) is 38.9 Å². The van der Waals surface area contributed by atoms with Crippen LogP contribution < -0.4 is 5.73 Å². The second-order valence-corrected chi connectivity index (χ2v) is 6.36. The van der Waals surface area contributed by atoms with E-state index in [9.17, 15) is 0 Å². The molecular weight excluding hydrogens is 264 g/mol. The second kappa shape index (κ2) is 4.36. The minimum absolute atomic E-state index is 0.497. The molecule has 88 valence electrons. The van der Waals surface area contributed by atoms with Crippen molar-refractivity contribution in [3.05, 3.63) is 22.4 Å². The average Bonchev–Trinajstić information content (AvgIpc) is 2.22. The van der Waals surface area contributed by atoms with E-state index in [1.54, 1.807) is 0 Å². The maximum atomic E-state index is 6.00. The van der Waals surface area contributed by atoms with Gasteiger partial charge in [-0.05, 0) is 59.2 Å². The van der Waals surface area contributed by atoms with Crippen LogP contribution in [0.25, 0.3) is 0 Å². The van der Waals surface area contributed by atoms with Crippen LogP contribution in [0.5, 0.6) is 0 Å². The quantitative estimate of drug-likeness (QED) is 0.788. The van der Waals surface area contributed by atoms with Crippen LogP contribution in [0.15, 0.2) is 16.7 Å². The first-order valence-electron chi connectivity index (χ1n) is 5.90. The Kier molecular flexibility index (Phi) is 3.24. The first-order valence-corrected chi connectivity index (χ1v) is 6.69. The van der Waals surface area contributed by atoms with E-state index in [1.807, 2.05) is 12.1 Å². The van der Waals surface area contributed by atoms with Crippen LogP contribution in [-0.2, 0) is 0 Å². The number of halogens is 1. The van der Waals surface area contributed by atoms with Crippen molar-refractivity contribution >= 4 is 21.6 Å². The van der Waals surface area contributed by atoms with Gasteiger partial charge in [-0.2, -0.15) is 0 Å². The number of aromatic nitrogens is 1. The lowest BCUT2D eigenvalue weighted by Gasteiger charge is -2.34. The van der Waals surface area contributed by atoms with Crippen molar-refractivity contribution in [2.24, 2.45) is 5.41 Å². The smallest absolute Gasteiger partial charge is 0.106 e. The van der Waals surface area contributed by atoms with Gasteiger partial charge in [-0.25, -0.2) is 4.98 Å². The van der Waals surface area contributed by atoms with Crippen LogP contribution in [0.3, 0.4) is 0 Å². The zero-order chi connectivity index (χ0) is 11.8. The summed E-state index contributed by atoms with van der Waals surface area (Å²) in [6, 6.07) is 3.86. The Bertz CT molecular complexity index is 378. The molecule has 3 heteroatoms. The number of anilines is 1. The van der Waals surface area contributed by atoms with Crippen LogP contribution in [0.2, 0.25) is 0 Å². The lowest BCUT2D eigenvalue weighted by molar-refractivity contribution is 0.223. The third-order valence-electron chi connectivity index (χ3n) is 3.65. The van der Waals surface area contributed by atoms with Gasteiger partial charge >= 0.3 is 0 Å². The predicted octanol–water partition coefficient (Wildman–Crippen LogP) is 4.11. The largest absolute Gasteiger partial charge is 0.397 e. The Morgan fingerprint density at radius 2 is 1.94 bits per heavy atom. The van der Waals surface area contributed by atoms with Gasteiger partial charge in [0.1, 0.15) is 4.60 Å². The van der Waals surface area contributed by atoms with E-state index in [-0.39, 0.29) is 0 Å². The van der Waals surface area contributed by atoms with E-state index in [0.29, 0.717) is 11.3 Å². The Hall–Kier alpha value is -0.570. The Morgan fingerprint density at radius 1 is 1.31 bits per heavy atom. The number of nitrogens with two attached hydrogens (primary N) is 1. The summed E-state index contributed by atoms with van der Waals surface area (Å²) in [5.41, 5.74) is 8.43. The van der Waals surface area contributed by atoms with Gasteiger partial charge < -0.3 is 5.73 Å². The van der Waals surface area contributed by atoms with Gasteiger partial charge in [0.2, 0.25) is 0 Å². The fourth-order valence-electron chi connectivity index (χ4n) is 2.46. The summed E-state index contributed by atoms with van der Waals surface area (Å²) >= 11 is 3.42. The summed E-state index contributed by atoms with van der Waals surface area (Å²) in [7, 11) is 0. The molecule has 0 unspecified atom stereocenters. The predicted molar refractivity (Wildman–Crippen MR) is 71.3 cm³/mol. The molecule has 0 aliphatic heterocycles. The SMILES string of the molecule is CC1(C)CCC(c2nc(Br)ccc2N)CC1. The van der Waals surface area contributed by atoms with Crippen LogP contribution >= 0.6 is 15.9 Å². The van der Waals surface area contributed by atoms with Crippen molar-refractivity contribution in [3.63, 3.8) is 0 Å². The molecule has 0 spiro atoms. The molecule has 0 atom stereocenters. The van der Waals surface area contributed by atoms with Crippen molar-refractivity contribution in [2.45, 2.75) is 45.4 Å². The van der Waals surface area contributed by atoms with Crippen molar-refractivity contribution in [3.8, 4) is 0 Å². The van der Waals surface area contributed by atoms with E-state index in [2.05, 4.69) is 34.8 Å². The maximum absolute atomic E-state index is 6.00. The summed E-state index contributed by atoms with van der Waals surface area (Å²) in [4.78, 5) is 4.54. The Balaban J connectivity index is 2.17. The van der Waals surface area contributed by atoms with Gasteiger partial charge in [0, 0.05) is 5.92 Å². The normalized spacial score (nSPS) is 20.9. The third-order valence-corrected chi connectivity index (χ3v) is 4.09. The Labute approximate surface area is 106 Å². The highest BCUT2D eigenvalue weighted by molar-refractivity contribution is 9.10. The van der Waals surface area contributed by atoms with E-state index < -0.39 is 0 Å². The maximum Gasteiger partial charge on any atom is 0.106 e. The molecule has 1 heterocycles. The van der Waals surface area contributed by atoms with E-state index in [0.717, 1.165) is 16.0 Å². The average molecular weight is 283 g/mol. The molecule has 0 bridgehead atoms. The lowest BCUT2D eigenvalue weighted by atomic mass is 9.72. The molecule has 1 saturated carbocycles. The van der Waals surface area contributed by atoms with Gasteiger partial charge in [0.25, 0.3) is 0 Å². The van der Waals surface area contributed by atoms with Crippen molar-refractivity contribution in [2.75, 3.05) is 5.73 Å². The van der Waals surface area contributed by atoms with E-state index in [4.69, 9.17) is 5.73 Å². The molecule has 2 rings (SSSR count). The highest BCUT2D eigenvalue weighted by Gasteiger charge is 2.29. The molecule has 0 radical (unpaired) electrons. The molecule has 1 fully saturated rings. The summed E-state index contributed by atoms with van der Waals surface area (Å²) in [5, 5.41) is 0. The molecule has 2 nitrogen and oxygen atoms in total. The van der Waals surface area contributed by atoms with Crippen LogP contribution in [0, 0.1) is 5.41 Å². The fraction of sp³-hybridized carbons (Fsp3) is 0.615. The van der Waals surface area contributed by atoms with E-state index in [1.165, 1.54) is 25.7 Å². The molecule has 0 amide bonds. The molecule has 1 aromatic rings. The number of hydrogen-bond acceptors (Lipinski definition) is 2. The summed E-state index contributed by atoms with van der Waals surface area (Å²) in [6.07, 6.45) is 4.96.